The van der Waals surface area contributed by atoms with Crippen LogP contribution in [0.5, 0.6) is 28.7 Å². The third kappa shape index (κ3) is 2.75. The van der Waals surface area contributed by atoms with E-state index in [1.807, 2.05) is 12.1 Å². The predicted molar refractivity (Wildman–Crippen MR) is 84.9 cm³/mol. The predicted octanol–water partition coefficient (Wildman–Crippen LogP) is 3.00. The molecule has 23 heavy (non-hydrogen) atoms. The first-order valence-electron chi connectivity index (χ1n) is 7.06. The second kappa shape index (κ2) is 6.08. The van der Waals surface area contributed by atoms with Crippen LogP contribution in [0.15, 0.2) is 30.3 Å². The molecule has 1 heterocycles. The van der Waals surface area contributed by atoms with Gasteiger partial charge < -0.3 is 24.3 Å². The summed E-state index contributed by atoms with van der Waals surface area (Å²) in [7, 11) is 4.63. The maximum atomic E-state index is 11.6. The Morgan fingerprint density at radius 1 is 0.957 bits per heavy atom. The van der Waals surface area contributed by atoms with Crippen LogP contribution in [0.4, 0.5) is 5.69 Å². The van der Waals surface area contributed by atoms with Gasteiger partial charge in [-0.3, -0.25) is 4.79 Å². The number of methoxy groups -OCH3 is 3. The van der Waals surface area contributed by atoms with E-state index in [0.29, 0.717) is 40.9 Å². The zero-order valence-electron chi connectivity index (χ0n) is 13.1. The number of carbonyl (C=O) groups is 1. The quantitative estimate of drug-likeness (QED) is 0.919. The van der Waals surface area contributed by atoms with E-state index in [9.17, 15) is 4.79 Å². The molecule has 1 aliphatic rings. The number of ether oxygens (including phenoxy) is 4. The molecule has 0 saturated heterocycles. The van der Waals surface area contributed by atoms with Gasteiger partial charge in [-0.05, 0) is 11.6 Å². The van der Waals surface area contributed by atoms with Crippen molar-refractivity contribution in [2.75, 3.05) is 26.6 Å². The molecule has 3 rings (SSSR count). The first kappa shape index (κ1) is 15.0. The first-order chi connectivity index (χ1) is 11.2. The second-order valence-electron chi connectivity index (χ2n) is 4.98. The van der Waals surface area contributed by atoms with Crippen LogP contribution in [0.1, 0.15) is 5.56 Å². The fraction of sp³-hybridized carbons (Fsp3) is 0.235. The van der Waals surface area contributed by atoms with Crippen molar-refractivity contribution in [3.05, 3.63) is 35.9 Å². The molecule has 0 atom stereocenters. The van der Waals surface area contributed by atoms with E-state index in [2.05, 4.69) is 5.32 Å². The van der Waals surface area contributed by atoms with Crippen LogP contribution in [0.25, 0.3) is 0 Å². The van der Waals surface area contributed by atoms with E-state index in [4.69, 9.17) is 18.9 Å². The highest BCUT2D eigenvalue weighted by atomic mass is 16.5. The highest BCUT2D eigenvalue weighted by Gasteiger charge is 2.22. The molecule has 120 valence electrons. The third-order valence-corrected chi connectivity index (χ3v) is 3.59. The lowest BCUT2D eigenvalue weighted by molar-refractivity contribution is -0.115. The maximum absolute atomic E-state index is 11.6. The maximum Gasteiger partial charge on any atom is 0.228 e. The van der Waals surface area contributed by atoms with Crippen LogP contribution in [0, 0.1) is 0 Å². The van der Waals surface area contributed by atoms with Crippen LogP contribution in [-0.4, -0.2) is 27.2 Å². The van der Waals surface area contributed by atoms with Gasteiger partial charge in [0.2, 0.25) is 11.7 Å². The smallest absolute Gasteiger partial charge is 0.228 e. The molecule has 0 saturated carbocycles. The average Bonchev–Trinajstić information content (AvgIpc) is 2.95. The van der Waals surface area contributed by atoms with Crippen LogP contribution < -0.4 is 24.3 Å². The topological polar surface area (TPSA) is 66.0 Å². The summed E-state index contributed by atoms with van der Waals surface area (Å²) in [6.45, 7) is 0. The second-order valence-corrected chi connectivity index (χ2v) is 4.98. The summed E-state index contributed by atoms with van der Waals surface area (Å²) >= 11 is 0. The average molecular weight is 315 g/mol. The lowest BCUT2D eigenvalue weighted by Gasteiger charge is -2.15. The minimum atomic E-state index is -0.0408. The Hall–Kier alpha value is -2.89. The van der Waals surface area contributed by atoms with Crippen molar-refractivity contribution < 1.29 is 23.7 Å². The molecular weight excluding hydrogens is 298 g/mol. The SMILES string of the molecule is COc1cc(Oc2cccc3c2NC(=O)C3)cc(OC)c1OC. The van der Waals surface area contributed by atoms with Crippen molar-refractivity contribution in [2.24, 2.45) is 0 Å². The molecule has 0 unspecified atom stereocenters. The number of carbonyl (C=O) groups excluding carboxylic acids is 1. The van der Waals surface area contributed by atoms with Crippen LogP contribution >= 0.6 is 0 Å². The molecule has 0 bridgehead atoms. The molecule has 0 radical (unpaired) electrons. The summed E-state index contributed by atoms with van der Waals surface area (Å²) in [5.74, 6) is 2.54. The molecule has 6 nitrogen and oxygen atoms in total. The summed E-state index contributed by atoms with van der Waals surface area (Å²) in [4.78, 5) is 11.6. The van der Waals surface area contributed by atoms with Crippen molar-refractivity contribution in [1.29, 1.82) is 0 Å². The summed E-state index contributed by atoms with van der Waals surface area (Å²) in [5, 5.41) is 2.81. The van der Waals surface area contributed by atoms with E-state index in [1.165, 1.54) is 0 Å². The van der Waals surface area contributed by atoms with Gasteiger partial charge in [-0.1, -0.05) is 12.1 Å². The Bertz CT molecular complexity index is 732. The Kier molecular flexibility index (Phi) is 3.97. The summed E-state index contributed by atoms with van der Waals surface area (Å²) in [6.07, 6.45) is 0.363. The number of rotatable bonds is 5. The van der Waals surface area contributed by atoms with E-state index < -0.39 is 0 Å². The van der Waals surface area contributed by atoms with Crippen molar-refractivity contribution in [3.63, 3.8) is 0 Å². The normalized spacial score (nSPS) is 12.4. The number of nitrogens with one attached hydrogen (secondary N) is 1. The van der Waals surface area contributed by atoms with Crippen molar-refractivity contribution in [2.45, 2.75) is 6.42 Å². The minimum absolute atomic E-state index is 0.0408. The van der Waals surface area contributed by atoms with Gasteiger partial charge in [-0.15, -0.1) is 0 Å². The molecular formula is C17H17NO5. The van der Waals surface area contributed by atoms with Gasteiger partial charge in [0.25, 0.3) is 0 Å². The molecule has 1 aliphatic heterocycles. The zero-order chi connectivity index (χ0) is 16.4. The van der Waals surface area contributed by atoms with Gasteiger partial charge in [-0.2, -0.15) is 0 Å². The minimum Gasteiger partial charge on any atom is -0.493 e. The van der Waals surface area contributed by atoms with Crippen molar-refractivity contribution in [3.8, 4) is 28.7 Å². The molecule has 0 aromatic heterocycles. The van der Waals surface area contributed by atoms with Crippen LogP contribution in [0.2, 0.25) is 0 Å². The fourth-order valence-electron chi connectivity index (χ4n) is 2.55. The molecule has 1 N–H and O–H groups in total. The number of anilines is 1. The lowest BCUT2D eigenvalue weighted by Crippen LogP contribution is -2.04. The highest BCUT2D eigenvalue weighted by molar-refractivity contribution is 6.00. The number of hydrogen-bond donors (Lipinski definition) is 1. The molecule has 1 amide bonds. The molecule has 2 aromatic rings. The molecule has 0 fully saturated rings. The van der Waals surface area contributed by atoms with Gasteiger partial charge >= 0.3 is 0 Å². The molecule has 6 heteroatoms. The summed E-state index contributed by atoms with van der Waals surface area (Å²) < 4.78 is 21.8. The van der Waals surface area contributed by atoms with Gasteiger partial charge in [-0.25, -0.2) is 0 Å². The monoisotopic (exact) mass is 315 g/mol. The van der Waals surface area contributed by atoms with Crippen molar-refractivity contribution >= 4 is 11.6 Å². The third-order valence-electron chi connectivity index (χ3n) is 3.59. The number of hydrogen-bond acceptors (Lipinski definition) is 5. The van der Waals surface area contributed by atoms with Gasteiger partial charge in [0, 0.05) is 12.1 Å². The first-order valence-corrected chi connectivity index (χ1v) is 7.06. The van der Waals surface area contributed by atoms with Crippen LogP contribution in [0.3, 0.4) is 0 Å². The number of para-hydroxylation sites is 1. The van der Waals surface area contributed by atoms with Gasteiger partial charge in [0.1, 0.15) is 5.75 Å². The van der Waals surface area contributed by atoms with E-state index in [1.54, 1.807) is 39.5 Å². The largest absolute Gasteiger partial charge is 0.493 e. The molecule has 0 spiro atoms. The Labute approximate surface area is 133 Å². The summed E-state index contributed by atoms with van der Waals surface area (Å²) in [6, 6.07) is 8.96. The fourth-order valence-corrected chi connectivity index (χ4v) is 2.55. The number of benzene rings is 2. The summed E-state index contributed by atoms with van der Waals surface area (Å²) in [5.41, 5.74) is 1.62. The number of amides is 1. The van der Waals surface area contributed by atoms with E-state index in [0.717, 1.165) is 5.56 Å². The van der Waals surface area contributed by atoms with Gasteiger partial charge in [0.15, 0.2) is 17.2 Å². The Morgan fingerprint density at radius 3 is 2.26 bits per heavy atom. The lowest BCUT2D eigenvalue weighted by atomic mass is 10.1. The zero-order valence-corrected chi connectivity index (χ0v) is 13.1. The van der Waals surface area contributed by atoms with Gasteiger partial charge in [0.05, 0.1) is 33.4 Å². The Morgan fingerprint density at radius 2 is 1.65 bits per heavy atom. The Balaban J connectivity index is 1.98. The number of fused-ring (bicyclic) bond motifs is 1. The highest BCUT2D eigenvalue weighted by Crippen LogP contribution is 2.43. The van der Waals surface area contributed by atoms with E-state index >= 15 is 0 Å². The molecule has 0 aliphatic carbocycles. The van der Waals surface area contributed by atoms with E-state index in [-0.39, 0.29) is 5.91 Å². The van der Waals surface area contributed by atoms with Crippen molar-refractivity contribution in [1.82, 2.24) is 0 Å². The standard InChI is InChI=1S/C17H17NO5/c1-20-13-8-11(9-14(21-2)17(13)22-3)23-12-6-4-5-10-7-15(19)18-16(10)12/h4-6,8-9H,7H2,1-3H3,(H,18,19). The van der Waals surface area contributed by atoms with Crippen LogP contribution in [-0.2, 0) is 11.2 Å². The molecule has 2 aromatic carbocycles.